The number of rotatable bonds is 3. The normalized spacial score (nSPS) is 20.4. The lowest BCUT2D eigenvalue weighted by atomic mass is 10.1. The highest BCUT2D eigenvalue weighted by Crippen LogP contribution is 2.25. The predicted molar refractivity (Wildman–Crippen MR) is 67.6 cm³/mol. The maximum absolute atomic E-state index is 5.24. The molecule has 0 amide bonds. The molecule has 2 heterocycles. The molecule has 5 nitrogen and oxygen atoms in total. The van der Waals surface area contributed by atoms with E-state index in [0.717, 1.165) is 24.5 Å². The van der Waals surface area contributed by atoms with Gasteiger partial charge in [0, 0.05) is 19.1 Å². The second-order valence-electron chi connectivity index (χ2n) is 4.41. The van der Waals surface area contributed by atoms with E-state index >= 15 is 0 Å². The maximum Gasteiger partial charge on any atom is 0.221 e. The van der Waals surface area contributed by atoms with Gasteiger partial charge in [-0.2, -0.15) is 0 Å². The number of anilines is 1. The Morgan fingerprint density at radius 1 is 1.47 bits per heavy atom. The zero-order valence-corrected chi connectivity index (χ0v) is 10.7. The molecule has 0 bridgehead atoms. The van der Waals surface area contributed by atoms with E-state index in [0.29, 0.717) is 11.9 Å². The van der Waals surface area contributed by atoms with Gasteiger partial charge < -0.3 is 15.0 Å². The van der Waals surface area contributed by atoms with Crippen molar-refractivity contribution in [3.63, 3.8) is 0 Å². The third-order valence-electron chi connectivity index (χ3n) is 3.33. The lowest BCUT2D eigenvalue weighted by molar-refractivity contribution is 0.392. The highest BCUT2D eigenvalue weighted by molar-refractivity contribution is 5.50. The highest BCUT2D eigenvalue weighted by atomic mass is 16.5. The molecule has 0 radical (unpaired) electrons. The monoisotopic (exact) mass is 236 g/mol. The number of hydrogen-bond acceptors (Lipinski definition) is 5. The minimum absolute atomic E-state index is 0.545. The Labute approximate surface area is 102 Å². The average molecular weight is 236 g/mol. The number of aromatic nitrogens is 2. The van der Waals surface area contributed by atoms with E-state index in [-0.39, 0.29) is 0 Å². The summed E-state index contributed by atoms with van der Waals surface area (Å²) < 4.78 is 5.24. The summed E-state index contributed by atoms with van der Waals surface area (Å²) >= 11 is 0. The topological polar surface area (TPSA) is 50.3 Å². The standard InChI is InChI=1S/C12H20N4O/c1-9-11(14-8-15-12(9)17-3)16-6-4-5-10(7-16)13-2/h8,10,13H,4-7H2,1-3H3. The van der Waals surface area contributed by atoms with Crippen LogP contribution in [-0.2, 0) is 0 Å². The smallest absolute Gasteiger partial charge is 0.221 e. The van der Waals surface area contributed by atoms with Crippen LogP contribution in [0.2, 0.25) is 0 Å². The van der Waals surface area contributed by atoms with Crippen molar-refractivity contribution in [2.45, 2.75) is 25.8 Å². The number of methoxy groups -OCH3 is 1. The number of likely N-dealkylation sites (N-methyl/N-ethyl adjacent to an activating group) is 1. The van der Waals surface area contributed by atoms with Crippen molar-refractivity contribution in [1.29, 1.82) is 0 Å². The van der Waals surface area contributed by atoms with Crippen molar-refractivity contribution in [3.05, 3.63) is 11.9 Å². The number of hydrogen-bond donors (Lipinski definition) is 1. The van der Waals surface area contributed by atoms with Crippen LogP contribution < -0.4 is 15.0 Å². The number of piperidine rings is 1. The predicted octanol–water partition coefficient (Wildman–Crippen LogP) is 0.982. The lowest BCUT2D eigenvalue weighted by Gasteiger charge is -2.34. The van der Waals surface area contributed by atoms with Crippen molar-refractivity contribution in [2.24, 2.45) is 0 Å². The van der Waals surface area contributed by atoms with Crippen LogP contribution in [0.15, 0.2) is 6.33 Å². The molecule has 1 aliphatic rings. The molecule has 0 spiro atoms. The molecule has 1 saturated heterocycles. The van der Waals surface area contributed by atoms with Crippen LogP contribution in [0.1, 0.15) is 18.4 Å². The van der Waals surface area contributed by atoms with Gasteiger partial charge in [0.1, 0.15) is 12.1 Å². The third-order valence-corrected chi connectivity index (χ3v) is 3.33. The molecule has 1 aromatic rings. The summed E-state index contributed by atoms with van der Waals surface area (Å²) in [6, 6.07) is 0.545. The first-order valence-corrected chi connectivity index (χ1v) is 6.04. The molecule has 1 fully saturated rings. The Balaban J connectivity index is 2.21. The number of nitrogens with one attached hydrogen (secondary N) is 1. The third kappa shape index (κ3) is 2.49. The van der Waals surface area contributed by atoms with Crippen LogP contribution in [0, 0.1) is 6.92 Å². The summed E-state index contributed by atoms with van der Waals surface area (Å²) in [6.07, 6.45) is 4.00. The average Bonchev–Trinajstić information content (AvgIpc) is 2.39. The summed E-state index contributed by atoms with van der Waals surface area (Å²) in [6.45, 7) is 4.06. The van der Waals surface area contributed by atoms with Gasteiger partial charge in [0.25, 0.3) is 0 Å². The van der Waals surface area contributed by atoms with Gasteiger partial charge >= 0.3 is 0 Å². The van der Waals surface area contributed by atoms with Crippen molar-refractivity contribution < 1.29 is 4.74 Å². The summed E-state index contributed by atoms with van der Waals surface area (Å²) in [4.78, 5) is 10.8. The summed E-state index contributed by atoms with van der Waals surface area (Å²) in [5, 5.41) is 3.34. The van der Waals surface area contributed by atoms with E-state index in [1.54, 1.807) is 13.4 Å². The molecule has 1 N–H and O–H groups in total. The molecular formula is C12H20N4O. The van der Waals surface area contributed by atoms with Crippen LogP contribution >= 0.6 is 0 Å². The molecule has 94 valence electrons. The second-order valence-corrected chi connectivity index (χ2v) is 4.41. The Hall–Kier alpha value is -1.36. The van der Waals surface area contributed by atoms with E-state index in [4.69, 9.17) is 4.74 Å². The van der Waals surface area contributed by atoms with E-state index in [2.05, 4.69) is 20.2 Å². The van der Waals surface area contributed by atoms with Crippen LogP contribution in [0.3, 0.4) is 0 Å². The SMILES string of the molecule is CNC1CCCN(c2ncnc(OC)c2C)C1. The largest absolute Gasteiger partial charge is 0.481 e. The van der Waals surface area contributed by atoms with Gasteiger partial charge in [-0.25, -0.2) is 9.97 Å². The molecule has 1 unspecified atom stereocenters. The molecular weight excluding hydrogens is 216 g/mol. The first kappa shape index (κ1) is 12.1. The van der Waals surface area contributed by atoms with E-state index in [1.165, 1.54) is 12.8 Å². The zero-order valence-electron chi connectivity index (χ0n) is 10.7. The van der Waals surface area contributed by atoms with Crippen molar-refractivity contribution in [2.75, 3.05) is 32.1 Å². The van der Waals surface area contributed by atoms with Gasteiger partial charge in [0.15, 0.2) is 0 Å². The van der Waals surface area contributed by atoms with Gasteiger partial charge in [-0.15, -0.1) is 0 Å². The van der Waals surface area contributed by atoms with Crippen molar-refractivity contribution in [1.82, 2.24) is 15.3 Å². The van der Waals surface area contributed by atoms with Crippen LogP contribution in [0.4, 0.5) is 5.82 Å². The van der Waals surface area contributed by atoms with Gasteiger partial charge in [-0.1, -0.05) is 0 Å². The summed E-state index contributed by atoms with van der Waals surface area (Å²) in [5.41, 5.74) is 1.02. The van der Waals surface area contributed by atoms with Gasteiger partial charge in [0.2, 0.25) is 5.88 Å². The molecule has 1 atom stereocenters. The Kier molecular flexibility index (Phi) is 3.78. The molecule has 17 heavy (non-hydrogen) atoms. The Morgan fingerprint density at radius 2 is 2.29 bits per heavy atom. The Morgan fingerprint density at radius 3 is 3.00 bits per heavy atom. The molecule has 1 aromatic heterocycles. The fraction of sp³-hybridized carbons (Fsp3) is 0.667. The van der Waals surface area contributed by atoms with Gasteiger partial charge in [-0.3, -0.25) is 0 Å². The fourth-order valence-corrected chi connectivity index (χ4v) is 2.36. The minimum Gasteiger partial charge on any atom is -0.481 e. The van der Waals surface area contributed by atoms with Crippen molar-refractivity contribution >= 4 is 5.82 Å². The highest BCUT2D eigenvalue weighted by Gasteiger charge is 2.22. The molecule has 0 saturated carbocycles. The first-order valence-electron chi connectivity index (χ1n) is 6.04. The van der Waals surface area contributed by atoms with E-state index in [1.807, 2.05) is 14.0 Å². The fourth-order valence-electron chi connectivity index (χ4n) is 2.36. The molecule has 1 aliphatic heterocycles. The van der Waals surface area contributed by atoms with E-state index in [9.17, 15) is 0 Å². The Bertz CT molecular complexity index is 383. The second kappa shape index (κ2) is 5.31. The molecule has 5 heteroatoms. The minimum atomic E-state index is 0.545. The van der Waals surface area contributed by atoms with E-state index < -0.39 is 0 Å². The zero-order chi connectivity index (χ0) is 12.3. The molecule has 0 aromatic carbocycles. The summed E-state index contributed by atoms with van der Waals surface area (Å²) in [7, 11) is 3.66. The molecule has 2 rings (SSSR count). The van der Waals surface area contributed by atoms with Gasteiger partial charge in [0.05, 0.1) is 12.7 Å². The lowest BCUT2D eigenvalue weighted by Crippen LogP contribution is -2.45. The number of ether oxygens (including phenoxy) is 1. The summed E-state index contributed by atoms with van der Waals surface area (Å²) in [5.74, 6) is 1.67. The molecule has 0 aliphatic carbocycles. The van der Waals surface area contributed by atoms with Crippen LogP contribution in [0.25, 0.3) is 0 Å². The van der Waals surface area contributed by atoms with Gasteiger partial charge in [-0.05, 0) is 26.8 Å². The van der Waals surface area contributed by atoms with Crippen LogP contribution in [-0.4, -0.2) is 43.3 Å². The van der Waals surface area contributed by atoms with Crippen molar-refractivity contribution in [3.8, 4) is 5.88 Å². The first-order chi connectivity index (χ1) is 8.26. The quantitative estimate of drug-likeness (QED) is 0.848. The number of nitrogens with zero attached hydrogens (tertiary/aromatic N) is 3. The van der Waals surface area contributed by atoms with Crippen LogP contribution in [0.5, 0.6) is 5.88 Å². The maximum atomic E-state index is 5.24.